The van der Waals surface area contributed by atoms with Gasteiger partial charge in [-0.05, 0) is 25.7 Å². The van der Waals surface area contributed by atoms with Gasteiger partial charge in [-0.25, -0.2) is 4.98 Å². The minimum absolute atomic E-state index is 0.0310. The van der Waals surface area contributed by atoms with Gasteiger partial charge in [0.15, 0.2) is 0 Å². The van der Waals surface area contributed by atoms with E-state index in [-0.39, 0.29) is 17.9 Å². The highest BCUT2D eigenvalue weighted by atomic mass is 32.1. The van der Waals surface area contributed by atoms with Crippen LogP contribution in [-0.2, 0) is 28.9 Å². The Morgan fingerprint density at radius 3 is 3.05 bits per heavy atom. The van der Waals surface area contributed by atoms with Gasteiger partial charge in [0.2, 0.25) is 11.8 Å². The van der Waals surface area contributed by atoms with Crippen LogP contribution >= 0.6 is 11.3 Å². The molecule has 1 unspecified atom stereocenters. The second kappa shape index (κ2) is 5.28. The summed E-state index contributed by atoms with van der Waals surface area (Å²) in [7, 11) is 0. The van der Waals surface area contributed by atoms with Gasteiger partial charge in [-0.1, -0.05) is 0 Å². The SMILES string of the molecule is O=C1CCC(C(=O)NCCc2nc3c(s2)CCC3)N1. The van der Waals surface area contributed by atoms with E-state index in [0.29, 0.717) is 19.4 Å². The molecule has 1 aromatic rings. The van der Waals surface area contributed by atoms with Crippen LogP contribution in [0.15, 0.2) is 0 Å². The molecule has 102 valence electrons. The summed E-state index contributed by atoms with van der Waals surface area (Å²) in [5.74, 6) is -0.105. The molecule has 1 atom stereocenters. The van der Waals surface area contributed by atoms with Crippen LogP contribution in [0.5, 0.6) is 0 Å². The fraction of sp³-hybridized carbons (Fsp3) is 0.615. The lowest BCUT2D eigenvalue weighted by Crippen LogP contribution is -2.42. The van der Waals surface area contributed by atoms with E-state index in [9.17, 15) is 9.59 Å². The van der Waals surface area contributed by atoms with Crippen LogP contribution in [0.1, 0.15) is 34.8 Å². The number of hydrogen-bond acceptors (Lipinski definition) is 4. The maximum absolute atomic E-state index is 11.8. The predicted molar refractivity (Wildman–Crippen MR) is 72.0 cm³/mol. The molecule has 6 heteroatoms. The summed E-state index contributed by atoms with van der Waals surface area (Å²) in [5, 5.41) is 6.65. The van der Waals surface area contributed by atoms with Crippen LogP contribution in [0.4, 0.5) is 0 Å². The van der Waals surface area contributed by atoms with Crippen molar-refractivity contribution >= 4 is 23.2 Å². The number of amides is 2. The Kier molecular flexibility index (Phi) is 3.50. The second-order valence-corrected chi connectivity index (χ2v) is 6.20. The number of fused-ring (bicyclic) bond motifs is 1. The van der Waals surface area contributed by atoms with Crippen LogP contribution in [0.2, 0.25) is 0 Å². The van der Waals surface area contributed by atoms with Gasteiger partial charge < -0.3 is 10.6 Å². The summed E-state index contributed by atoms with van der Waals surface area (Å²) >= 11 is 1.77. The molecule has 0 radical (unpaired) electrons. The van der Waals surface area contributed by atoms with Gasteiger partial charge in [0.25, 0.3) is 0 Å². The molecular formula is C13H17N3O2S. The zero-order chi connectivity index (χ0) is 13.2. The standard InChI is InChI=1S/C13H17N3O2S/c17-11-5-4-9(15-11)13(18)14-7-6-12-16-8-2-1-3-10(8)19-12/h9H,1-7H2,(H,14,18)(H,15,17). The van der Waals surface area contributed by atoms with Crippen molar-refractivity contribution in [1.82, 2.24) is 15.6 Å². The highest BCUT2D eigenvalue weighted by molar-refractivity contribution is 7.11. The van der Waals surface area contributed by atoms with E-state index in [2.05, 4.69) is 15.6 Å². The molecule has 19 heavy (non-hydrogen) atoms. The van der Waals surface area contributed by atoms with Crippen molar-refractivity contribution in [2.75, 3.05) is 6.54 Å². The zero-order valence-electron chi connectivity index (χ0n) is 10.7. The summed E-state index contributed by atoms with van der Waals surface area (Å²) in [5.41, 5.74) is 1.26. The normalized spacial score (nSPS) is 21.3. The third-order valence-corrected chi connectivity index (χ3v) is 4.81. The van der Waals surface area contributed by atoms with E-state index in [1.807, 2.05) is 0 Å². The number of aryl methyl sites for hydroxylation is 2. The first-order valence-electron chi connectivity index (χ1n) is 6.77. The molecule has 2 N–H and O–H groups in total. The van der Waals surface area contributed by atoms with Crippen molar-refractivity contribution in [2.45, 2.75) is 44.6 Å². The molecule has 0 spiro atoms. The van der Waals surface area contributed by atoms with Gasteiger partial charge in [-0.15, -0.1) is 11.3 Å². The van der Waals surface area contributed by atoms with Crippen molar-refractivity contribution in [3.63, 3.8) is 0 Å². The number of carbonyl (C=O) groups is 2. The van der Waals surface area contributed by atoms with Gasteiger partial charge in [-0.3, -0.25) is 9.59 Å². The highest BCUT2D eigenvalue weighted by Crippen LogP contribution is 2.27. The molecule has 2 aliphatic rings. The van der Waals surface area contributed by atoms with Crippen LogP contribution < -0.4 is 10.6 Å². The Labute approximate surface area is 115 Å². The number of thiazole rings is 1. The molecule has 1 aromatic heterocycles. The monoisotopic (exact) mass is 279 g/mol. The smallest absolute Gasteiger partial charge is 0.242 e. The average Bonchev–Trinajstić information content (AvgIpc) is 3.03. The molecule has 5 nitrogen and oxygen atoms in total. The molecule has 0 saturated carbocycles. The van der Waals surface area contributed by atoms with Crippen molar-refractivity contribution < 1.29 is 9.59 Å². The summed E-state index contributed by atoms with van der Waals surface area (Å²) in [6.45, 7) is 0.595. The molecule has 0 aromatic carbocycles. The fourth-order valence-corrected chi connectivity index (χ4v) is 3.73. The number of hydrogen-bond donors (Lipinski definition) is 2. The van der Waals surface area contributed by atoms with Gasteiger partial charge >= 0.3 is 0 Å². The van der Waals surface area contributed by atoms with E-state index < -0.39 is 0 Å². The van der Waals surface area contributed by atoms with Crippen molar-refractivity contribution in [1.29, 1.82) is 0 Å². The molecule has 0 bridgehead atoms. The zero-order valence-corrected chi connectivity index (χ0v) is 11.5. The molecule has 1 saturated heterocycles. The van der Waals surface area contributed by atoms with E-state index in [1.165, 1.54) is 17.0 Å². The number of rotatable bonds is 4. The van der Waals surface area contributed by atoms with Crippen molar-refractivity contribution in [3.8, 4) is 0 Å². The quantitative estimate of drug-likeness (QED) is 0.846. The highest BCUT2D eigenvalue weighted by Gasteiger charge is 2.26. The van der Waals surface area contributed by atoms with E-state index >= 15 is 0 Å². The van der Waals surface area contributed by atoms with Gasteiger partial charge in [0.1, 0.15) is 6.04 Å². The van der Waals surface area contributed by atoms with E-state index in [0.717, 1.165) is 24.3 Å². The Balaban J connectivity index is 1.45. The minimum atomic E-state index is -0.339. The second-order valence-electron chi connectivity index (χ2n) is 5.03. The van der Waals surface area contributed by atoms with Gasteiger partial charge in [-0.2, -0.15) is 0 Å². The third-order valence-electron chi connectivity index (χ3n) is 3.59. The molecule has 2 amide bonds. The van der Waals surface area contributed by atoms with Gasteiger partial charge in [0, 0.05) is 24.3 Å². The Morgan fingerprint density at radius 2 is 2.32 bits per heavy atom. The molecule has 1 aliphatic carbocycles. The van der Waals surface area contributed by atoms with Crippen LogP contribution in [0.25, 0.3) is 0 Å². The lowest BCUT2D eigenvalue weighted by molar-refractivity contribution is -0.125. The lowest BCUT2D eigenvalue weighted by Gasteiger charge is -2.09. The van der Waals surface area contributed by atoms with Gasteiger partial charge in [0.05, 0.1) is 10.7 Å². The minimum Gasteiger partial charge on any atom is -0.354 e. The number of carbonyl (C=O) groups excluding carboxylic acids is 2. The first-order valence-corrected chi connectivity index (χ1v) is 7.58. The number of aromatic nitrogens is 1. The van der Waals surface area contributed by atoms with Crippen molar-refractivity contribution in [3.05, 3.63) is 15.6 Å². The van der Waals surface area contributed by atoms with Crippen LogP contribution in [0.3, 0.4) is 0 Å². The molecular weight excluding hydrogens is 262 g/mol. The largest absolute Gasteiger partial charge is 0.354 e. The maximum Gasteiger partial charge on any atom is 0.242 e. The molecule has 3 rings (SSSR count). The first-order chi connectivity index (χ1) is 9.22. The predicted octanol–water partition coefficient (Wildman–Crippen LogP) is 0.569. The Bertz CT molecular complexity index is 490. The summed E-state index contributed by atoms with van der Waals surface area (Å²) in [4.78, 5) is 28.8. The first kappa shape index (κ1) is 12.6. The summed E-state index contributed by atoms with van der Waals surface area (Å²) in [6.07, 6.45) is 5.34. The fourth-order valence-electron chi connectivity index (χ4n) is 2.58. The topological polar surface area (TPSA) is 71.1 Å². The summed E-state index contributed by atoms with van der Waals surface area (Å²) in [6, 6.07) is -0.339. The lowest BCUT2D eigenvalue weighted by atomic mass is 10.2. The average molecular weight is 279 g/mol. The maximum atomic E-state index is 11.8. The summed E-state index contributed by atoms with van der Waals surface area (Å²) < 4.78 is 0. The van der Waals surface area contributed by atoms with Crippen molar-refractivity contribution in [2.24, 2.45) is 0 Å². The Hall–Kier alpha value is -1.43. The molecule has 1 fully saturated rings. The molecule has 1 aliphatic heterocycles. The number of nitrogens with one attached hydrogen (secondary N) is 2. The Morgan fingerprint density at radius 1 is 1.42 bits per heavy atom. The van der Waals surface area contributed by atoms with Crippen LogP contribution in [-0.4, -0.2) is 29.4 Å². The van der Waals surface area contributed by atoms with E-state index in [4.69, 9.17) is 0 Å². The van der Waals surface area contributed by atoms with Crippen LogP contribution in [0, 0.1) is 0 Å². The molecule has 2 heterocycles. The number of nitrogens with zero attached hydrogens (tertiary/aromatic N) is 1. The third kappa shape index (κ3) is 2.78. The van der Waals surface area contributed by atoms with E-state index in [1.54, 1.807) is 11.3 Å².